The van der Waals surface area contributed by atoms with Crippen molar-refractivity contribution < 1.29 is 14.6 Å². The maximum atomic E-state index is 10.2. The molecule has 30 heavy (non-hydrogen) atoms. The number of methoxy groups -OCH3 is 1. The predicted molar refractivity (Wildman–Crippen MR) is 122 cm³/mol. The maximum absolute atomic E-state index is 10.2. The Bertz CT molecular complexity index is 633. The van der Waals surface area contributed by atoms with Crippen molar-refractivity contribution in [2.24, 2.45) is 10.9 Å². The first-order valence-corrected chi connectivity index (χ1v) is 11.2. The molecule has 0 radical (unpaired) electrons. The van der Waals surface area contributed by atoms with Gasteiger partial charge in [0, 0.05) is 19.7 Å². The summed E-state index contributed by atoms with van der Waals surface area (Å²) in [5, 5.41) is 16.9. The zero-order chi connectivity index (χ0) is 21.8. The van der Waals surface area contributed by atoms with Crippen molar-refractivity contribution >= 4 is 5.96 Å². The van der Waals surface area contributed by atoms with E-state index in [1.165, 1.54) is 18.4 Å². The van der Waals surface area contributed by atoms with Gasteiger partial charge in [-0.05, 0) is 56.5 Å². The average Bonchev–Trinajstić information content (AvgIpc) is 3.26. The van der Waals surface area contributed by atoms with E-state index in [9.17, 15) is 5.11 Å². The fourth-order valence-corrected chi connectivity index (χ4v) is 3.58. The summed E-state index contributed by atoms with van der Waals surface area (Å²) in [5.74, 6) is 2.05. The summed E-state index contributed by atoms with van der Waals surface area (Å²) in [6.45, 7) is 11.2. The molecule has 0 amide bonds. The summed E-state index contributed by atoms with van der Waals surface area (Å²) >= 11 is 0. The van der Waals surface area contributed by atoms with Crippen LogP contribution in [0, 0.1) is 5.92 Å². The number of aliphatic imine (C=N–C) groups is 1. The van der Waals surface area contributed by atoms with Gasteiger partial charge in [0.05, 0.1) is 32.4 Å². The third-order valence-electron chi connectivity index (χ3n) is 5.09. The van der Waals surface area contributed by atoms with Crippen LogP contribution < -0.4 is 15.4 Å². The molecule has 2 atom stereocenters. The second kappa shape index (κ2) is 13.5. The Morgan fingerprint density at radius 1 is 1.20 bits per heavy atom. The minimum atomic E-state index is -0.605. The van der Waals surface area contributed by atoms with Crippen LogP contribution in [-0.4, -0.2) is 75.1 Å². The standard InChI is InChI=1S/C23H40N4O3/c1-5-24-23(25-14-20(28)17-30-16-18(2)3)26-15-22(27-11-6-7-12-27)19-9-8-10-21(13-19)29-4/h8-10,13,18,20,22,28H,5-7,11-12,14-17H2,1-4H3,(H2,24,25,26). The number of likely N-dealkylation sites (tertiary alicyclic amines) is 1. The van der Waals surface area contributed by atoms with Gasteiger partial charge in [-0.3, -0.25) is 9.89 Å². The van der Waals surface area contributed by atoms with E-state index >= 15 is 0 Å². The highest BCUT2D eigenvalue weighted by Gasteiger charge is 2.24. The molecule has 1 fully saturated rings. The fourth-order valence-electron chi connectivity index (χ4n) is 3.58. The number of ether oxygens (including phenoxy) is 2. The van der Waals surface area contributed by atoms with E-state index in [1.54, 1.807) is 7.11 Å². The van der Waals surface area contributed by atoms with Crippen LogP contribution in [-0.2, 0) is 4.74 Å². The lowest BCUT2D eigenvalue weighted by atomic mass is 10.1. The van der Waals surface area contributed by atoms with Crippen molar-refractivity contribution in [3.8, 4) is 5.75 Å². The molecule has 2 unspecified atom stereocenters. The molecule has 0 aromatic heterocycles. The van der Waals surface area contributed by atoms with Crippen LogP contribution >= 0.6 is 0 Å². The van der Waals surface area contributed by atoms with Gasteiger partial charge in [0.15, 0.2) is 5.96 Å². The normalized spacial score (nSPS) is 17.2. The fraction of sp³-hybridized carbons (Fsp3) is 0.696. The third-order valence-corrected chi connectivity index (χ3v) is 5.09. The summed E-state index contributed by atoms with van der Waals surface area (Å²) in [7, 11) is 1.70. The van der Waals surface area contributed by atoms with Crippen LogP contribution in [0.4, 0.5) is 0 Å². The van der Waals surface area contributed by atoms with Crippen LogP contribution in [0.3, 0.4) is 0 Å². The van der Waals surface area contributed by atoms with Gasteiger partial charge in [-0.15, -0.1) is 0 Å². The van der Waals surface area contributed by atoms with Gasteiger partial charge >= 0.3 is 0 Å². The molecule has 0 spiro atoms. The van der Waals surface area contributed by atoms with E-state index in [-0.39, 0.29) is 6.04 Å². The molecule has 1 aromatic carbocycles. The van der Waals surface area contributed by atoms with Crippen molar-refractivity contribution in [3.63, 3.8) is 0 Å². The number of benzene rings is 1. The largest absolute Gasteiger partial charge is 0.497 e. The number of rotatable bonds is 12. The number of aliphatic hydroxyl groups excluding tert-OH is 1. The van der Waals surface area contributed by atoms with Crippen LogP contribution in [0.25, 0.3) is 0 Å². The molecular weight excluding hydrogens is 380 g/mol. The van der Waals surface area contributed by atoms with Crippen molar-refractivity contribution in [1.29, 1.82) is 0 Å². The Balaban J connectivity index is 1.98. The predicted octanol–water partition coefficient (Wildman–Crippen LogP) is 2.42. The van der Waals surface area contributed by atoms with Gasteiger partial charge in [0.2, 0.25) is 0 Å². The number of hydrogen-bond donors (Lipinski definition) is 3. The molecule has 1 saturated heterocycles. The van der Waals surface area contributed by atoms with Gasteiger partial charge < -0.3 is 25.2 Å². The minimum absolute atomic E-state index is 0.241. The number of aliphatic hydroxyl groups is 1. The quantitative estimate of drug-likeness (QED) is 0.356. The van der Waals surface area contributed by atoms with E-state index in [0.29, 0.717) is 31.6 Å². The molecule has 7 nitrogen and oxygen atoms in total. The second-order valence-corrected chi connectivity index (χ2v) is 8.22. The Labute approximate surface area is 181 Å². The van der Waals surface area contributed by atoms with E-state index in [4.69, 9.17) is 9.47 Å². The van der Waals surface area contributed by atoms with Crippen molar-refractivity contribution in [3.05, 3.63) is 29.8 Å². The number of nitrogens with one attached hydrogen (secondary N) is 2. The SMILES string of the molecule is CCNC(=NCC(O)COCC(C)C)NCC(c1cccc(OC)c1)N1CCCC1. The average molecular weight is 421 g/mol. The molecule has 1 aromatic rings. The van der Waals surface area contributed by atoms with E-state index in [0.717, 1.165) is 31.9 Å². The number of guanidine groups is 1. The van der Waals surface area contributed by atoms with Crippen LogP contribution in [0.1, 0.15) is 45.2 Å². The van der Waals surface area contributed by atoms with Gasteiger partial charge in [-0.1, -0.05) is 26.0 Å². The second-order valence-electron chi connectivity index (χ2n) is 8.22. The number of nitrogens with zero attached hydrogens (tertiary/aromatic N) is 2. The van der Waals surface area contributed by atoms with Crippen molar-refractivity contribution in [1.82, 2.24) is 15.5 Å². The maximum Gasteiger partial charge on any atom is 0.191 e. The Morgan fingerprint density at radius 2 is 1.97 bits per heavy atom. The molecule has 170 valence electrons. The monoisotopic (exact) mass is 420 g/mol. The molecular formula is C23H40N4O3. The summed E-state index contributed by atoms with van der Waals surface area (Å²) < 4.78 is 10.9. The third kappa shape index (κ3) is 8.50. The summed E-state index contributed by atoms with van der Waals surface area (Å²) in [5.41, 5.74) is 1.24. The highest BCUT2D eigenvalue weighted by atomic mass is 16.5. The van der Waals surface area contributed by atoms with Crippen LogP contribution in [0.2, 0.25) is 0 Å². The molecule has 0 bridgehead atoms. The van der Waals surface area contributed by atoms with Gasteiger partial charge in [0.1, 0.15) is 5.75 Å². The molecule has 1 aliphatic rings. The van der Waals surface area contributed by atoms with Gasteiger partial charge in [0.25, 0.3) is 0 Å². The van der Waals surface area contributed by atoms with Crippen LogP contribution in [0.15, 0.2) is 29.3 Å². The Hall–Kier alpha value is -1.83. The minimum Gasteiger partial charge on any atom is -0.497 e. The van der Waals surface area contributed by atoms with E-state index in [1.807, 2.05) is 19.1 Å². The van der Waals surface area contributed by atoms with Crippen LogP contribution in [0.5, 0.6) is 5.75 Å². The van der Waals surface area contributed by atoms with E-state index < -0.39 is 6.10 Å². The lowest BCUT2D eigenvalue weighted by molar-refractivity contribution is 0.0301. The van der Waals surface area contributed by atoms with Gasteiger partial charge in [-0.25, -0.2) is 0 Å². The molecule has 0 saturated carbocycles. The summed E-state index contributed by atoms with van der Waals surface area (Å²) in [6, 6.07) is 8.54. The molecule has 1 aliphatic heterocycles. The van der Waals surface area contributed by atoms with Crippen molar-refractivity contribution in [2.75, 3.05) is 53.0 Å². The smallest absolute Gasteiger partial charge is 0.191 e. The summed E-state index contributed by atoms with van der Waals surface area (Å²) in [4.78, 5) is 7.07. The molecule has 1 heterocycles. The Morgan fingerprint density at radius 3 is 2.63 bits per heavy atom. The van der Waals surface area contributed by atoms with Gasteiger partial charge in [-0.2, -0.15) is 0 Å². The summed E-state index contributed by atoms with van der Waals surface area (Å²) in [6.07, 6.45) is 1.86. The molecule has 0 aliphatic carbocycles. The highest BCUT2D eigenvalue weighted by molar-refractivity contribution is 5.79. The zero-order valence-electron chi connectivity index (χ0n) is 19.1. The lowest BCUT2D eigenvalue weighted by Crippen LogP contribution is -2.43. The Kier molecular flexibility index (Phi) is 11.0. The van der Waals surface area contributed by atoms with E-state index in [2.05, 4.69) is 46.5 Å². The zero-order valence-corrected chi connectivity index (χ0v) is 19.1. The molecule has 7 heteroatoms. The lowest BCUT2D eigenvalue weighted by Gasteiger charge is -2.29. The van der Waals surface area contributed by atoms with Crippen molar-refractivity contribution in [2.45, 2.75) is 45.8 Å². The topological polar surface area (TPSA) is 78.4 Å². The first-order chi connectivity index (χ1) is 14.5. The first-order valence-electron chi connectivity index (χ1n) is 11.2. The number of hydrogen-bond acceptors (Lipinski definition) is 5. The molecule has 2 rings (SSSR count). The molecule has 3 N–H and O–H groups in total. The highest BCUT2D eigenvalue weighted by Crippen LogP contribution is 2.27. The first kappa shape index (κ1) is 24.4.